The van der Waals surface area contributed by atoms with E-state index < -0.39 is 16.0 Å². The van der Waals surface area contributed by atoms with Crippen molar-refractivity contribution in [3.8, 4) is 0 Å². The van der Waals surface area contributed by atoms with Crippen molar-refractivity contribution in [3.05, 3.63) is 46.8 Å². The van der Waals surface area contributed by atoms with Gasteiger partial charge in [0.1, 0.15) is 12.2 Å². The maximum Gasteiger partial charge on any atom is 0.342 e. The van der Waals surface area contributed by atoms with Crippen molar-refractivity contribution >= 4 is 16.0 Å². The lowest BCUT2D eigenvalue weighted by molar-refractivity contribution is 0.0470. The highest BCUT2D eigenvalue weighted by atomic mass is 32.2. The van der Waals surface area contributed by atoms with Crippen LogP contribution in [0.5, 0.6) is 0 Å². The van der Waals surface area contributed by atoms with Crippen LogP contribution >= 0.6 is 0 Å². The molecule has 0 N–H and O–H groups in total. The molecule has 1 aromatic carbocycles. The first-order valence-corrected chi connectivity index (χ1v) is 8.77. The summed E-state index contributed by atoms with van der Waals surface area (Å²) in [7, 11) is 1.17. The molecule has 0 spiro atoms. The van der Waals surface area contributed by atoms with Gasteiger partial charge in [0.05, 0.1) is 10.6 Å². The fraction of sp³-hybridized carbons (Fsp3) is 0.375. The summed E-state index contributed by atoms with van der Waals surface area (Å²) in [5, 5.41) is 4.18. The quantitative estimate of drug-likeness (QED) is 0.765. The number of hydrogen-bond acceptors (Lipinski definition) is 5. The molecule has 0 bridgehead atoms. The number of nitrogens with zero attached hydrogens (tertiary/aromatic N) is 3. The molecule has 0 radical (unpaired) electrons. The Morgan fingerprint density at radius 3 is 2.50 bits per heavy atom. The molecule has 0 unspecified atom stereocenters. The first-order chi connectivity index (χ1) is 11.1. The van der Waals surface area contributed by atoms with E-state index in [1.165, 1.54) is 26.2 Å². The molecule has 7 nitrogen and oxygen atoms in total. The molecular formula is C16H21N3O4S. The summed E-state index contributed by atoms with van der Waals surface area (Å²) in [6.45, 7) is 3.53. The number of benzene rings is 1. The van der Waals surface area contributed by atoms with Gasteiger partial charge in [-0.25, -0.2) is 17.5 Å². The molecule has 0 saturated carbocycles. The van der Waals surface area contributed by atoms with Gasteiger partial charge in [0.25, 0.3) is 0 Å². The molecule has 8 heteroatoms. The van der Waals surface area contributed by atoms with E-state index in [9.17, 15) is 13.2 Å². The van der Waals surface area contributed by atoms with Crippen molar-refractivity contribution in [2.75, 3.05) is 14.1 Å². The monoisotopic (exact) mass is 351 g/mol. The van der Waals surface area contributed by atoms with Gasteiger partial charge in [-0.15, -0.1) is 0 Å². The first-order valence-electron chi connectivity index (χ1n) is 7.33. The zero-order valence-electron chi connectivity index (χ0n) is 14.4. The highest BCUT2D eigenvalue weighted by Gasteiger charge is 2.20. The SMILES string of the molecule is Cc1nn(C)c(C)c1C(=O)OCc1cccc(S(=O)(=O)N(C)C)c1. The van der Waals surface area contributed by atoms with Crippen molar-refractivity contribution in [2.45, 2.75) is 25.3 Å². The molecule has 24 heavy (non-hydrogen) atoms. The highest BCUT2D eigenvalue weighted by Crippen LogP contribution is 2.17. The highest BCUT2D eigenvalue weighted by molar-refractivity contribution is 7.89. The average Bonchev–Trinajstić information content (AvgIpc) is 2.78. The predicted octanol–water partition coefficient (Wildman–Crippen LogP) is 1.64. The van der Waals surface area contributed by atoms with E-state index in [0.717, 1.165) is 10.00 Å². The fourth-order valence-corrected chi connectivity index (χ4v) is 3.27. The Labute approximate surface area is 141 Å². The number of esters is 1. The summed E-state index contributed by atoms with van der Waals surface area (Å²) in [6, 6.07) is 6.35. The lowest BCUT2D eigenvalue weighted by atomic mass is 10.2. The summed E-state index contributed by atoms with van der Waals surface area (Å²) in [5.41, 5.74) is 2.37. The maximum absolute atomic E-state index is 12.3. The minimum Gasteiger partial charge on any atom is -0.457 e. The van der Waals surface area contributed by atoms with Gasteiger partial charge in [-0.2, -0.15) is 5.10 Å². The number of hydrogen-bond donors (Lipinski definition) is 0. The van der Waals surface area contributed by atoms with E-state index >= 15 is 0 Å². The Hall–Kier alpha value is -2.19. The van der Waals surface area contributed by atoms with Crippen molar-refractivity contribution in [2.24, 2.45) is 7.05 Å². The van der Waals surface area contributed by atoms with Crippen LogP contribution < -0.4 is 0 Å². The van der Waals surface area contributed by atoms with E-state index in [0.29, 0.717) is 16.8 Å². The maximum atomic E-state index is 12.3. The number of carbonyl (C=O) groups is 1. The molecule has 0 fully saturated rings. The third kappa shape index (κ3) is 3.49. The molecule has 1 aromatic heterocycles. The Balaban J connectivity index is 2.17. The molecule has 0 aliphatic rings. The molecule has 1 heterocycles. The second kappa shape index (κ2) is 6.74. The van der Waals surface area contributed by atoms with Crippen molar-refractivity contribution in [1.82, 2.24) is 14.1 Å². The van der Waals surface area contributed by atoms with E-state index in [-0.39, 0.29) is 11.5 Å². The zero-order chi connectivity index (χ0) is 18.1. The van der Waals surface area contributed by atoms with Gasteiger partial charge in [-0.05, 0) is 31.5 Å². The largest absolute Gasteiger partial charge is 0.457 e. The van der Waals surface area contributed by atoms with Crippen molar-refractivity contribution in [1.29, 1.82) is 0 Å². The van der Waals surface area contributed by atoms with Gasteiger partial charge in [-0.3, -0.25) is 4.68 Å². The van der Waals surface area contributed by atoms with Crippen LogP contribution in [0.25, 0.3) is 0 Å². The van der Waals surface area contributed by atoms with Crippen LogP contribution in [0.1, 0.15) is 27.3 Å². The Morgan fingerprint density at radius 1 is 1.29 bits per heavy atom. The molecule has 0 amide bonds. The summed E-state index contributed by atoms with van der Waals surface area (Å²) >= 11 is 0. The van der Waals surface area contributed by atoms with Crippen molar-refractivity contribution in [3.63, 3.8) is 0 Å². The van der Waals surface area contributed by atoms with Crippen LogP contribution in [0, 0.1) is 13.8 Å². The summed E-state index contributed by atoms with van der Waals surface area (Å²) in [5.74, 6) is -0.473. The molecule has 0 saturated heterocycles. The smallest absolute Gasteiger partial charge is 0.342 e. The number of ether oxygens (including phenoxy) is 1. The van der Waals surface area contributed by atoms with Gasteiger partial charge in [0.15, 0.2) is 0 Å². The Bertz CT molecular complexity index is 869. The van der Waals surface area contributed by atoms with Crippen LogP contribution in [0.2, 0.25) is 0 Å². The molecule has 2 aromatic rings. The van der Waals surface area contributed by atoms with Gasteiger partial charge < -0.3 is 4.74 Å². The minimum atomic E-state index is -3.52. The molecule has 2 rings (SSSR count). The average molecular weight is 351 g/mol. The molecule has 0 aliphatic carbocycles. The summed E-state index contributed by atoms with van der Waals surface area (Å²) in [4.78, 5) is 12.4. The molecule has 0 atom stereocenters. The number of aromatic nitrogens is 2. The minimum absolute atomic E-state index is 0.0105. The normalized spacial score (nSPS) is 11.8. The van der Waals surface area contributed by atoms with E-state index in [1.54, 1.807) is 37.7 Å². The molecular weight excluding hydrogens is 330 g/mol. The standard InChI is InChI=1S/C16H21N3O4S/c1-11-15(12(2)19(5)17-11)16(20)23-10-13-7-6-8-14(9-13)24(21,22)18(3)4/h6-9H,10H2,1-5H3. The lowest BCUT2D eigenvalue weighted by Crippen LogP contribution is -2.22. The van der Waals surface area contributed by atoms with Gasteiger partial charge in [0.2, 0.25) is 10.0 Å². The van der Waals surface area contributed by atoms with Crippen molar-refractivity contribution < 1.29 is 17.9 Å². The van der Waals surface area contributed by atoms with Crippen LogP contribution in [-0.2, 0) is 28.4 Å². The Kier molecular flexibility index (Phi) is 5.10. The summed E-state index contributed by atoms with van der Waals surface area (Å²) < 4.78 is 32.4. The van der Waals surface area contributed by atoms with Crippen LogP contribution in [-0.4, -0.2) is 42.6 Å². The third-order valence-electron chi connectivity index (χ3n) is 3.76. The summed E-state index contributed by atoms with van der Waals surface area (Å²) in [6.07, 6.45) is 0. The fourth-order valence-electron chi connectivity index (χ4n) is 2.30. The number of rotatable bonds is 5. The topological polar surface area (TPSA) is 81.5 Å². The zero-order valence-corrected chi connectivity index (χ0v) is 15.2. The molecule has 130 valence electrons. The van der Waals surface area contributed by atoms with E-state index in [4.69, 9.17) is 4.74 Å². The van der Waals surface area contributed by atoms with E-state index in [1.807, 2.05) is 0 Å². The molecule has 0 aliphatic heterocycles. The second-order valence-corrected chi connectivity index (χ2v) is 7.83. The van der Waals surface area contributed by atoms with Crippen LogP contribution in [0.3, 0.4) is 0 Å². The van der Waals surface area contributed by atoms with Crippen LogP contribution in [0.4, 0.5) is 0 Å². The van der Waals surface area contributed by atoms with Gasteiger partial charge >= 0.3 is 5.97 Å². The van der Waals surface area contributed by atoms with Gasteiger partial charge in [0, 0.05) is 26.8 Å². The lowest BCUT2D eigenvalue weighted by Gasteiger charge is -2.12. The predicted molar refractivity (Wildman–Crippen MR) is 89.1 cm³/mol. The second-order valence-electron chi connectivity index (χ2n) is 5.68. The van der Waals surface area contributed by atoms with Crippen LogP contribution in [0.15, 0.2) is 29.2 Å². The van der Waals surface area contributed by atoms with Gasteiger partial charge in [-0.1, -0.05) is 12.1 Å². The number of sulfonamides is 1. The first kappa shape index (κ1) is 18.2. The van der Waals surface area contributed by atoms with E-state index in [2.05, 4.69) is 5.10 Å². The Morgan fingerprint density at radius 2 is 1.96 bits per heavy atom. The number of aryl methyl sites for hydroxylation is 2. The third-order valence-corrected chi connectivity index (χ3v) is 5.57. The number of carbonyl (C=O) groups excluding carboxylic acids is 1.